The summed E-state index contributed by atoms with van der Waals surface area (Å²) in [4.78, 5) is 31.3. The lowest BCUT2D eigenvalue weighted by Crippen LogP contribution is -2.46. The number of benzene rings is 2. The number of carbonyl (C=O) groups excluding carboxylic acids is 2. The van der Waals surface area contributed by atoms with E-state index in [1.54, 1.807) is 30.5 Å². The minimum absolute atomic E-state index is 0.0294. The quantitative estimate of drug-likeness (QED) is 0.368. The third-order valence-electron chi connectivity index (χ3n) is 5.89. The number of methoxy groups -OCH3 is 2. The first-order valence-electron chi connectivity index (χ1n) is 11.7. The first-order valence-corrected chi connectivity index (χ1v) is 12.6. The second-order valence-corrected chi connectivity index (χ2v) is 9.76. The van der Waals surface area contributed by atoms with Gasteiger partial charge in [-0.25, -0.2) is 0 Å². The SMILES string of the molecule is COc1ccc(CCN(Cc2cccs2)C(=O)CN(C(=O)c2ccc(C)cc2)C(C)C)cc1OC. The third kappa shape index (κ3) is 7.09. The van der Waals surface area contributed by atoms with Gasteiger partial charge in [-0.3, -0.25) is 9.59 Å². The van der Waals surface area contributed by atoms with Crippen molar-refractivity contribution in [2.45, 2.75) is 39.8 Å². The highest BCUT2D eigenvalue weighted by Crippen LogP contribution is 2.28. The fourth-order valence-corrected chi connectivity index (χ4v) is 4.50. The van der Waals surface area contributed by atoms with Gasteiger partial charge in [0.2, 0.25) is 5.91 Å². The molecule has 2 amide bonds. The van der Waals surface area contributed by atoms with E-state index in [0.29, 0.717) is 36.6 Å². The Morgan fingerprint density at radius 2 is 1.69 bits per heavy atom. The highest BCUT2D eigenvalue weighted by Gasteiger charge is 2.25. The second kappa shape index (κ2) is 12.4. The molecule has 0 aliphatic heterocycles. The number of ether oxygens (including phenoxy) is 2. The smallest absolute Gasteiger partial charge is 0.254 e. The summed E-state index contributed by atoms with van der Waals surface area (Å²) in [5, 5.41) is 2.01. The van der Waals surface area contributed by atoms with Crippen LogP contribution in [0.3, 0.4) is 0 Å². The van der Waals surface area contributed by atoms with Crippen molar-refractivity contribution in [1.29, 1.82) is 0 Å². The van der Waals surface area contributed by atoms with Crippen LogP contribution in [0.15, 0.2) is 60.0 Å². The van der Waals surface area contributed by atoms with Crippen molar-refractivity contribution in [3.63, 3.8) is 0 Å². The predicted octanol–water partition coefficient (Wildman–Crippen LogP) is 5.20. The summed E-state index contributed by atoms with van der Waals surface area (Å²) in [5.74, 6) is 1.12. The average molecular weight is 495 g/mol. The lowest BCUT2D eigenvalue weighted by Gasteiger charge is -2.30. The summed E-state index contributed by atoms with van der Waals surface area (Å²) in [6, 6.07) is 17.2. The first-order chi connectivity index (χ1) is 16.8. The van der Waals surface area contributed by atoms with Crippen molar-refractivity contribution in [2.24, 2.45) is 0 Å². The summed E-state index contributed by atoms with van der Waals surface area (Å²) in [6.45, 7) is 6.92. The number of thiophene rings is 1. The minimum Gasteiger partial charge on any atom is -0.493 e. The molecule has 0 atom stereocenters. The summed E-state index contributed by atoms with van der Waals surface area (Å²) < 4.78 is 10.8. The zero-order valence-corrected chi connectivity index (χ0v) is 21.9. The van der Waals surface area contributed by atoms with Crippen LogP contribution < -0.4 is 9.47 Å². The molecule has 3 rings (SSSR count). The van der Waals surface area contributed by atoms with Crippen LogP contribution in [-0.2, 0) is 17.8 Å². The number of hydrogen-bond donors (Lipinski definition) is 0. The second-order valence-electron chi connectivity index (χ2n) is 8.73. The third-order valence-corrected chi connectivity index (χ3v) is 6.75. The monoisotopic (exact) mass is 494 g/mol. The molecule has 0 N–H and O–H groups in total. The highest BCUT2D eigenvalue weighted by molar-refractivity contribution is 7.09. The Balaban J connectivity index is 1.76. The van der Waals surface area contributed by atoms with Crippen LogP contribution in [0.2, 0.25) is 0 Å². The van der Waals surface area contributed by atoms with Crippen LogP contribution in [-0.4, -0.2) is 55.0 Å². The zero-order chi connectivity index (χ0) is 25.4. The molecule has 6 nitrogen and oxygen atoms in total. The summed E-state index contributed by atoms with van der Waals surface area (Å²) >= 11 is 1.62. The van der Waals surface area contributed by atoms with E-state index in [1.807, 2.05) is 85.6 Å². The Hall–Kier alpha value is -3.32. The van der Waals surface area contributed by atoms with Crippen LogP contribution in [0.25, 0.3) is 0 Å². The van der Waals surface area contributed by atoms with E-state index in [2.05, 4.69) is 0 Å². The summed E-state index contributed by atoms with van der Waals surface area (Å²) in [5.41, 5.74) is 2.72. The van der Waals surface area contributed by atoms with Crippen LogP contribution in [0.5, 0.6) is 11.5 Å². The number of aryl methyl sites for hydroxylation is 1. The molecule has 1 aromatic heterocycles. The van der Waals surface area contributed by atoms with Crippen molar-refractivity contribution < 1.29 is 19.1 Å². The molecule has 35 heavy (non-hydrogen) atoms. The summed E-state index contributed by atoms with van der Waals surface area (Å²) in [6.07, 6.45) is 0.658. The zero-order valence-electron chi connectivity index (χ0n) is 21.1. The van der Waals surface area contributed by atoms with E-state index in [9.17, 15) is 9.59 Å². The van der Waals surface area contributed by atoms with Gasteiger partial charge >= 0.3 is 0 Å². The molecule has 0 aliphatic rings. The maximum absolute atomic E-state index is 13.5. The van der Waals surface area contributed by atoms with Gasteiger partial charge < -0.3 is 19.3 Å². The molecule has 0 radical (unpaired) electrons. The molecule has 7 heteroatoms. The van der Waals surface area contributed by atoms with E-state index < -0.39 is 0 Å². The van der Waals surface area contributed by atoms with Crippen molar-refractivity contribution in [3.05, 3.63) is 81.5 Å². The molecule has 0 spiro atoms. The molecule has 186 valence electrons. The predicted molar refractivity (Wildman–Crippen MR) is 140 cm³/mol. The van der Waals surface area contributed by atoms with E-state index in [-0.39, 0.29) is 24.4 Å². The van der Waals surface area contributed by atoms with E-state index >= 15 is 0 Å². The minimum atomic E-state index is -0.135. The Morgan fingerprint density at radius 3 is 2.29 bits per heavy atom. The lowest BCUT2D eigenvalue weighted by molar-refractivity contribution is -0.132. The average Bonchev–Trinajstić information content (AvgIpc) is 3.37. The van der Waals surface area contributed by atoms with Crippen LogP contribution in [0.4, 0.5) is 0 Å². The van der Waals surface area contributed by atoms with Gasteiger partial charge in [-0.05, 0) is 68.5 Å². The molecule has 3 aromatic rings. The highest BCUT2D eigenvalue weighted by atomic mass is 32.1. The van der Waals surface area contributed by atoms with Gasteiger partial charge in [0.05, 0.1) is 20.8 Å². The fourth-order valence-electron chi connectivity index (χ4n) is 3.78. The fraction of sp³-hybridized carbons (Fsp3) is 0.357. The van der Waals surface area contributed by atoms with E-state index in [4.69, 9.17) is 9.47 Å². The molecule has 0 aliphatic carbocycles. The number of amides is 2. The van der Waals surface area contributed by atoms with Gasteiger partial charge in [-0.1, -0.05) is 29.8 Å². The molecule has 0 saturated heterocycles. The normalized spacial score (nSPS) is 10.8. The molecule has 0 unspecified atom stereocenters. The Kier molecular flexibility index (Phi) is 9.32. The lowest BCUT2D eigenvalue weighted by atomic mass is 10.1. The van der Waals surface area contributed by atoms with Gasteiger partial charge in [0.25, 0.3) is 5.91 Å². The molecule has 2 aromatic carbocycles. The number of hydrogen-bond acceptors (Lipinski definition) is 5. The number of nitrogens with zero attached hydrogens (tertiary/aromatic N) is 2. The van der Waals surface area contributed by atoms with E-state index in [0.717, 1.165) is 16.0 Å². The molecule has 0 bridgehead atoms. The van der Waals surface area contributed by atoms with Crippen molar-refractivity contribution in [2.75, 3.05) is 27.3 Å². The van der Waals surface area contributed by atoms with Crippen LogP contribution >= 0.6 is 11.3 Å². The van der Waals surface area contributed by atoms with Gasteiger partial charge in [0.15, 0.2) is 11.5 Å². The van der Waals surface area contributed by atoms with Crippen molar-refractivity contribution >= 4 is 23.2 Å². The maximum atomic E-state index is 13.5. The number of rotatable bonds is 11. The molecule has 0 fully saturated rings. The van der Waals surface area contributed by atoms with Gasteiger partial charge in [-0.15, -0.1) is 11.3 Å². The van der Waals surface area contributed by atoms with E-state index in [1.165, 1.54) is 0 Å². The standard InChI is InChI=1S/C28H34N2O4S/c1-20(2)30(28(32)23-11-8-21(3)9-12-23)19-27(31)29(18-24-7-6-16-35-24)15-14-22-10-13-25(33-4)26(17-22)34-5/h6-13,16-17,20H,14-15,18-19H2,1-5H3. The number of carbonyl (C=O) groups is 2. The molecule has 0 saturated carbocycles. The van der Waals surface area contributed by atoms with Gasteiger partial charge in [0.1, 0.15) is 6.54 Å². The largest absolute Gasteiger partial charge is 0.493 e. The summed E-state index contributed by atoms with van der Waals surface area (Å²) in [7, 11) is 3.22. The first kappa shape index (κ1) is 26.3. The van der Waals surface area contributed by atoms with Crippen LogP contribution in [0, 0.1) is 6.92 Å². The molecule has 1 heterocycles. The molecular weight excluding hydrogens is 460 g/mol. The van der Waals surface area contributed by atoms with Crippen molar-refractivity contribution in [3.8, 4) is 11.5 Å². The van der Waals surface area contributed by atoms with Gasteiger partial charge in [0, 0.05) is 23.0 Å². The Bertz CT molecular complexity index is 1110. The Morgan fingerprint density at radius 1 is 0.971 bits per heavy atom. The maximum Gasteiger partial charge on any atom is 0.254 e. The topological polar surface area (TPSA) is 59.1 Å². The van der Waals surface area contributed by atoms with Gasteiger partial charge in [-0.2, -0.15) is 0 Å². The van der Waals surface area contributed by atoms with Crippen molar-refractivity contribution in [1.82, 2.24) is 9.80 Å². The Labute approximate surface area is 212 Å². The molecular formula is C28H34N2O4S. The van der Waals surface area contributed by atoms with Crippen LogP contribution in [0.1, 0.15) is 40.2 Å².